The van der Waals surface area contributed by atoms with E-state index in [2.05, 4.69) is 9.71 Å². The van der Waals surface area contributed by atoms with E-state index < -0.39 is 10.0 Å². The SMILES string of the molecule is CCSCC(C)NS(=O)(=O)c1c(N)ncn1C. The molecule has 0 fully saturated rings. The Hall–Kier alpha value is -0.730. The van der Waals surface area contributed by atoms with Crippen LogP contribution in [0.4, 0.5) is 5.82 Å². The Morgan fingerprint density at radius 2 is 2.29 bits per heavy atom. The van der Waals surface area contributed by atoms with Gasteiger partial charge in [0, 0.05) is 18.8 Å². The lowest BCUT2D eigenvalue weighted by Crippen LogP contribution is -2.35. The van der Waals surface area contributed by atoms with Crippen LogP contribution in [-0.4, -0.2) is 35.5 Å². The number of imidazole rings is 1. The van der Waals surface area contributed by atoms with Gasteiger partial charge in [-0.1, -0.05) is 6.92 Å². The lowest BCUT2D eigenvalue weighted by Gasteiger charge is -2.13. The number of nitrogens with two attached hydrogens (primary N) is 1. The van der Waals surface area contributed by atoms with E-state index in [9.17, 15) is 8.42 Å². The van der Waals surface area contributed by atoms with Crippen molar-refractivity contribution in [3.63, 3.8) is 0 Å². The predicted molar refractivity (Wildman–Crippen MR) is 70.4 cm³/mol. The van der Waals surface area contributed by atoms with Crippen LogP contribution in [0, 0.1) is 0 Å². The molecule has 0 amide bonds. The van der Waals surface area contributed by atoms with Crippen molar-refractivity contribution in [3.8, 4) is 0 Å². The summed E-state index contributed by atoms with van der Waals surface area (Å²) < 4.78 is 28.1. The number of thioether (sulfide) groups is 1. The van der Waals surface area contributed by atoms with Crippen molar-refractivity contribution in [1.82, 2.24) is 14.3 Å². The van der Waals surface area contributed by atoms with E-state index in [4.69, 9.17) is 5.73 Å². The molecule has 1 rings (SSSR count). The Bertz CT molecular complexity index is 450. The highest BCUT2D eigenvalue weighted by Gasteiger charge is 2.23. The molecule has 1 aromatic heterocycles. The van der Waals surface area contributed by atoms with Gasteiger partial charge in [-0.05, 0) is 12.7 Å². The summed E-state index contributed by atoms with van der Waals surface area (Å²) in [7, 11) is -2.00. The number of nitrogens with one attached hydrogen (secondary N) is 1. The topological polar surface area (TPSA) is 90.0 Å². The van der Waals surface area contributed by atoms with E-state index in [-0.39, 0.29) is 16.9 Å². The average molecular weight is 278 g/mol. The largest absolute Gasteiger partial charge is 0.381 e. The Balaban J connectivity index is 2.83. The number of aromatic nitrogens is 2. The standard InChI is InChI=1S/C9H18N4O2S2/c1-4-16-5-7(2)12-17(14,15)9-8(10)11-6-13(9)3/h6-7,12H,4-5,10H2,1-3H3. The zero-order chi connectivity index (χ0) is 13.1. The summed E-state index contributed by atoms with van der Waals surface area (Å²) in [6.07, 6.45) is 1.38. The van der Waals surface area contributed by atoms with Crippen LogP contribution < -0.4 is 10.5 Å². The first kappa shape index (κ1) is 14.3. The number of hydrogen-bond acceptors (Lipinski definition) is 5. The number of nitrogens with zero attached hydrogens (tertiary/aromatic N) is 2. The lowest BCUT2D eigenvalue weighted by molar-refractivity contribution is 0.562. The van der Waals surface area contributed by atoms with Gasteiger partial charge in [-0.25, -0.2) is 18.1 Å². The number of sulfonamides is 1. The highest BCUT2D eigenvalue weighted by atomic mass is 32.2. The highest BCUT2D eigenvalue weighted by molar-refractivity contribution is 7.99. The molecular weight excluding hydrogens is 260 g/mol. The van der Waals surface area contributed by atoms with Crippen molar-refractivity contribution in [3.05, 3.63) is 6.33 Å². The molecule has 0 saturated heterocycles. The molecule has 0 bridgehead atoms. The molecule has 98 valence electrons. The molecule has 0 aliphatic carbocycles. The van der Waals surface area contributed by atoms with Gasteiger partial charge in [-0.2, -0.15) is 11.8 Å². The van der Waals surface area contributed by atoms with Gasteiger partial charge in [-0.15, -0.1) is 0 Å². The first-order valence-electron chi connectivity index (χ1n) is 5.25. The maximum absolute atomic E-state index is 12.0. The van der Waals surface area contributed by atoms with Gasteiger partial charge in [0.05, 0.1) is 6.33 Å². The van der Waals surface area contributed by atoms with Gasteiger partial charge in [0.25, 0.3) is 10.0 Å². The number of hydrogen-bond donors (Lipinski definition) is 2. The Kier molecular flexibility index (Phi) is 4.84. The first-order valence-corrected chi connectivity index (χ1v) is 7.89. The first-order chi connectivity index (χ1) is 7.88. The van der Waals surface area contributed by atoms with Crippen molar-refractivity contribution in [2.75, 3.05) is 17.2 Å². The molecular formula is C9H18N4O2S2. The van der Waals surface area contributed by atoms with E-state index in [1.165, 1.54) is 10.9 Å². The number of rotatable bonds is 6. The summed E-state index contributed by atoms with van der Waals surface area (Å²) in [5, 5.41) is 0.0193. The second-order valence-corrected chi connectivity index (χ2v) is 6.68. The fourth-order valence-electron chi connectivity index (χ4n) is 1.41. The van der Waals surface area contributed by atoms with Crippen LogP contribution in [0.25, 0.3) is 0 Å². The minimum absolute atomic E-state index is 0.0193. The van der Waals surface area contributed by atoms with Gasteiger partial charge in [0.1, 0.15) is 0 Å². The zero-order valence-electron chi connectivity index (χ0n) is 10.2. The molecule has 0 spiro atoms. The molecule has 3 N–H and O–H groups in total. The summed E-state index contributed by atoms with van der Waals surface area (Å²) in [6.45, 7) is 3.86. The van der Waals surface area contributed by atoms with Crippen LogP contribution in [0.15, 0.2) is 11.4 Å². The second-order valence-electron chi connectivity index (χ2n) is 3.73. The molecule has 6 nitrogen and oxygen atoms in total. The molecule has 0 radical (unpaired) electrons. The summed E-state index contributed by atoms with van der Waals surface area (Å²) in [4.78, 5) is 3.77. The predicted octanol–water partition coefficient (Wildman–Crippen LogP) is 0.422. The molecule has 1 unspecified atom stereocenters. The van der Waals surface area contributed by atoms with Gasteiger partial charge in [0.2, 0.25) is 0 Å². The van der Waals surface area contributed by atoms with Gasteiger partial charge < -0.3 is 10.3 Å². The molecule has 1 atom stereocenters. The Morgan fingerprint density at radius 3 is 2.76 bits per heavy atom. The molecule has 0 aliphatic rings. The zero-order valence-corrected chi connectivity index (χ0v) is 11.8. The molecule has 0 aliphatic heterocycles. The van der Waals surface area contributed by atoms with E-state index in [0.717, 1.165) is 11.5 Å². The van der Waals surface area contributed by atoms with Crippen molar-refractivity contribution in [2.24, 2.45) is 7.05 Å². The smallest absolute Gasteiger partial charge is 0.260 e. The Labute approximate surface area is 106 Å². The van der Waals surface area contributed by atoms with Gasteiger partial charge >= 0.3 is 0 Å². The molecule has 8 heteroatoms. The lowest BCUT2D eigenvalue weighted by atomic mass is 10.4. The quantitative estimate of drug-likeness (QED) is 0.787. The normalized spacial score (nSPS) is 13.8. The maximum atomic E-state index is 12.0. The minimum Gasteiger partial charge on any atom is -0.381 e. The van der Waals surface area contributed by atoms with Crippen molar-refractivity contribution >= 4 is 27.6 Å². The fourth-order valence-corrected chi connectivity index (χ4v) is 3.67. The van der Waals surface area contributed by atoms with Crippen LogP contribution in [0.5, 0.6) is 0 Å². The van der Waals surface area contributed by atoms with Gasteiger partial charge in [0.15, 0.2) is 10.8 Å². The molecule has 17 heavy (non-hydrogen) atoms. The van der Waals surface area contributed by atoms with Crippen LogP contribution in [0.3, 0.4) is 0 Å². The highest BCUT2D eigenvalue weighted by Crippen LogP contribution is 2.16. The van der Waals surface area contributed by atoms with Crippen molar-refractivity contribution in [1.29, 1.82) is 0 Å². The fraction of sp³-hybridized carbons (Fsp3) is 0.667. The molecule has 0 aromatic carbocycles. The summed E-state index contributed by atoms with van der Waals surface area (Å²) in [6, 6.07) is -0.140. The van der Waals surface area contributed by atoms with Crippen LogP contribution in [0.2, 0.25) is 0 Å². The third-order valence-electron chi connectivity index (χ3n) is 2.09. The van der Waals surface area contributed by atoms with E-state index in [0.29, 0.717) is 0 Å². The number of anilines is 1. The second kappa shape index (κ2) is 5.74. The van der Waals surface area contributed by atoms with Crippen molar-refractivity contribution < 1.29 is 8.42 Å². The Morgan fingerprint density at radius 1 is 1.65 bits per heavy atom. The molecule has 1 aromatic rings. The van der Waals surface area contributed by atoms with E-state index >= 15 is 0 Å². The number of aryl methyl sites for hydroxylation is 1. The van der Waals surface area contributed by atoms with Crippen LogP contribution >= 0.6 is 11.8 Å². The minimum atomic E-state index is -3.60. The monoisotopic (exact) mass is 278 g/mol. The third kappa shape index (κ3) is 3.62. The summed E-state index contributed by atoms with van der Waals surface area (Å²) in [5.41, 5.74) is 5.55. The van der Waals surface area contributed by atoms with E-state index in [1.807, 2.05) is 13.8 Å². The maximum Gasteiger partial charge on any atom is 0.260 e. The number of nitrogen functional groups attached to an aromatic ring is 1. The molecule has 1 heterocycles. The van der Waals surface area contributed by atoms with E-state index in [1.54, 1.807) is 18.8 Å². The van der Waals surface area contributed by atoms with Crippen LogP contribution in [-0.2, 0) is 17.1 Å². The van der Waals surface area contributed by atoms with Crippen LogP contribution in [0.1, 0.15) is 13.8 Å². The third-order valence-corrected chi connectivity index (χ3v) is 4.96. The van der Waals surface area contributed by atoms with Crippen molar-refractivity contribution in [2.45, 2.75) is 24.9 Å². The summed E-state index contributed by atoms with van der Waals surface area (Å²) >= 11 is 1.68. The molecule has 0 saturated carbocycles. The van der Waals surface area contributed by atoms with Gasteiger partial charge in [-0.3, -0.25) is 0 Å². The average Bonchev–Trinajstić information content (AvgIpc) is 2.55. The summed E-state index contributed by atoms with van der Waals surface area (Å²) in [5.74, 6) is 1.71.